The summed E-state index contributed by atoms with van der Waals surface area (Å²) < 4.78 is 0. The molecule has 0 N–H and O–H groups in total. The SMILES string of the molecule is CCN1CCN(CCC(=O)c2ccc(C)cc2)CC1C. The summed E-state index contributed by atoms with van der Waals surface area (Å²) in [5, 5.41) is 0. The summed E-state index contributed by atoms with van der Waals surface area (Å²) in [4.78, 5) is 17.1. The highest BCUT2D eigenvalue weighted by Gasteiger charge is 2.22. The molecule has 1 aliphatic heterocycles. The van der Waals surface area contributed by atoms with Crippen LogP contribution >= 0.6 is 0 Å². The third-order valence-corrected chi connectivity index (χ3v) is 4.28. The van der Waals surface area contributed by atoms with Crippen molar-refractivity contribution in [1.82, 2.24) is 9.80 Å². The molecular weight excluding hydrogens is 248 g/mol. The van der Waals surface area contributed by atoms with E-state index >= 15 is 0 Å². The van der Waals surface area contributed by atoms with E-state index in [1.165, 1.54) is 5.56 Å². The van der Waals surface area contributed by atoms with E-state index in [4.69, 9.17) is 0 Å². The van der Waals surface area contributed by atoms with E-state index in [1.807, 2.05) is 31.2 Å². The fourth-order valence-electron chi connectivity index (χ4n) is 2.89. The molecule has 0 aromatic heterocycles. The van der Waals surface area contributed by atoms with Crippen molar-refractivity contribution in [3.63, 3.8) is 0 Å². The highest BCUT2D eigenvalue weighted by atomic mass is 16.1. The number of hydrogen-bond donors (Lipinski definition) is 0. The number of nitrogens with zero attached hydrogens (tertiary/aromatic N) is 2. The smallest absolute Gasteiger partial charge is 0.164 e. The summed E-state index contributed by atoms with van der Waals surface area (Å²) in [6, 6.07) is 8.50. The Hall–Kier alpha value is -1.19. The predicted octanol–water partition coefficient (Wildman–Crippen LogP) is 2.59. The number of piperazine rings is 1. The van der Waals surface area contributed by atoms with Crippen LogP contribution in [-0.4, -0.2) is 54.3 Å². The molecular formula is C17H26N2O. The first-order valence-corrected chi connectivity index (χ1v) is 7.66. The lowest BCUT2D eigenvalue weighted by Gasteiger charge is -2.39. The van der Waals surface area contributed by atoms with E-state index in [9.17, 15) is 4.79 Å². The monoisotopic (exact) mass is 274 g/mol. The Bertz CT molecular complexity index is 441. The van der Waals surface area contributed by atoms with Crippen molar-refractivity contribution >= 4 is 5.78 Å². The van der Waals surface area contributed by atoms with Crippen LogP contribution in [0.15, 0.2) is 24.3 Å². The van der Waals surface area contributed by atoms with Crippen molar-refractivity contribution in [3.05, 3.63) is 35.4 Å². The van der Waals surface area contributed by atoms with Crippen molar-refractivity contribution in [3.8, 4) is 0 Å². The molecule has 1 unspecified atom stereocenters. The van der Waals surface area contributed by atoms with Gasteiger partial charge in [-0.2, -0.15) is 0 Å². The average Bonchev–Trinajstić information content (AvgIpc) is 2.45. The molecule has 1 aromatic carbocycles. The molecule has 0 saturated carbocycles. The second-order valence-corrected chi connectivity index (χ2v) is 5.82. The van der Waals surface area contributed by atoms with Gasteiger partial charge in [0.15, 0.2) is 5.78 Å². The Morgan fingerprint density at radius 1 is 1.25 bits per heavy atom. The van der Waals surface area contributed by atoms with Gasteiger partial charge in [0, 0.05) is 44.2 Å². The van der Waals surface area contributed by atoms with Crippen molar-refractivity contribution < 1.29 is 4.79 Å². The predicted molar refractivity (Wildman–Crippen MR) is 83.3 cm³/mol. The van der Waals surface area contributed by atoms with Crippen molar-refractivity contribution in [2.45, 2.75) is 33.2 Å². The normalized spacial score (nSPS) is 21.1. The molecule has 1 heterocycles. The summed E-state index contributed by atoms with van der Waals surface area (Å²) in [5.41, 5.74) is 2.04. The van der Waals surface area contributed by atoms with E-state index in [-0.39, 0.29) is 5.78 Å². The topological polar surface area (TPSA) is 23.6 Å². The lowest BCUT2D eigenvalue weighted by atomic mass is 10.1. The number of likely N-dealkylation sites (N-methyl/N-ethyl adjacent to an activating group) is 1. The fraction of sp³-hybridized carbons (Fsp3) is 0.588. The Kier molecular flexibility index (Phi) is 5.32. The number of Topliss-reactive ketones (excluding diaryl/α,β-unsaturated/α-hetero) is 1. The Morgan fingerprint density at radius 3 is 2.55 bits per heavy atom. The molecule has 2 rings (SSSR count). The fourth-order valence-corrected chi connectivity index (χ4v) is 2.89. The molecule has 3 nitrogen and oxygen atoms in total. The quantitative estimate of drug-likeness (QED) is 0.771. The molecule has 1 saturated heterocycles. The molecule has 0 amide bonds. The van der Waals surface area contributed by atoms with Gasteiger partial charge in [-0.05, 0) is 20.4 Å². The molecule has 0 bridgehead atoms. The second kappa shape index (κ2) is 7.00. The zero-order chi connectivity index (χ0) is 14.5. The van der Waals surface area contributed by atoms with E-state index in [1.54, 1.807) is 0 Å². The molecule has 1 aromatic rings. The Labute approximate surface area is 122 Å². The Morgan fingerprint density at radius 2 is 1.95 bits per heavy atom. The van der Waals surface area contributed by atoms with Gasteiger partial charge < -0.3 is 4.90 Å². The van der Waals surface area contributed by atoms with Gasteiger partial charge in [-0.15, -0.1) is 0 Å². The number of aryl methyl sites for hydroxylation is 1. The van der Waals surface area contributed by atoms with Crippen molar-refractivity contribution in [2.24, 2.45) is 0 Å². The lowest BCUT2D eigenvalue weighted by molar-refractivity contribution is 0.0796. The van der Waals surface area contributed by atoms with Crippen LogP contribution in [0.4, 0.5) is 0 Å². The molecule has 1 atom stereocenters. The molecule has 0 spiro atoms. The van der Waals surface area contributed by atoms with Gasteiger partial charge in [0.05, 0.1) is 0 Å². The van der Waals surface area contributed by atoms with Gasteiger partial charge in [0.2, 0.25) is 0 Å². The molecule has 0 aliphatic carbocycles. The van der Waals surface area contributed by atoms with Crippen LogP contribution in [0.2, 0.25) is 0 Å². The van der Waals surface area contributed by atoms with Gasteiger partial charge >= 0.3 is 0 Å². The third kappa shape index (κ3) is 3.90. The van der Waals surface area contributed by atoms with Gasteiger partial charge in [0.1, 0.15) is 0 Å². The van der Waals surface area contributed by atoms with Gasteiger partial charge in [-0.1, -0.05) is 36.8 Å². The van der Waals surface area contributed by atoms with E-state index in [0.717, 1.165) is 38.3 Å². The second-order valence-electron chi connectivity index (χ2n) is 5.82. The van der Waals surface area contributed by atoms with Gasteiger partial charge in [-0.25, -0.2) is 0 Å². The zero-order valence-corrected chi connectivity index (χ0v) is 12.9. The van der Waals surface area contributed by atoms with Crippen LogP contribution in [0, 0.1) is 6.92 Å². The summed E-state index contributed by atoms with van der Waals surface area (Å²) in [7, 11) is 0. The van der Waals surface area contributed by atoms with E-state index < -0.39 is 0 Å². The maximum atomic E-state index is 12.2. The van der Waals surface area contributed by atoms with Crippen molar-refractivity contribution in [1.29, 1.82) is 0 Å². The van der Waals surface area contributed by atoms with Crippen LogP contribution in [0.3, 0.4) is 0 Å². The largest absolute Gasteiger partial charge is 0.300 e. The highest BCUT2D eigenvalue weighted by molar-refractivity contribution is 5.96. The van der Waals surface area contributed by atoms with Crippen LogP contribution in [0.1, 0.15) is 36.2 Å². The summed E-state index contributed by atoms with van der Waals surface area (Å²) in [6.45, 7) is 11.8. The molecule has 110 valence electrons. The van der Waals surface area contributed by atoms with Crippen LogP contribution in [0.25, 0.3) is 0 Å². The number of carbonyl (C=O) groups is 1. The number of benzene rings is 1. The number of rotatable bonds is 5. The highest BCUT2D eigenvalue weighted by Crippen LogP contribution is 2.11. The minimum absolute atomic E-state index is 0.260. The van der Waals surface area contributed by atoms with Crippen LogP contribution in [0.5, 0.6) is 0 Å². The number of hydrogen-bond acceptors (Lipinski definition) is 3. The summed E-state index contributed by atoms with van der Waals surface area (Å²) >= 11 is 0. The van der Waals surface area contributed by atoms with Crippen LogP contribution in [-0.2, 0) is 0 Å². The van der Waals surface area contributed by atoms with Crippen molar-refractivity contribution in [2.75, 3.05) is 32.7 Å². The Balaban J connectivity index is 1.81. The summed E-state index contributed by atoms with van der Waals surface area (Å²) in [5.74, 6) is 0.260. The first kappa shape index (κ1) is 15.2. The first-order valence-electron chi connectivity index (χ1n) is 7.66. The standard InChI is InChI=1S/C17H26N2O/c1-4-19-12-11-18(13-15(19)3)10-9-17(20)16-7-5-14(2)6-8-16/h5-8,15H,4,9-13H2,1-3H3. The van der Waals surface area contributed by atoms with Gasteiger partial charge in [0.25, 0.3) is 0 Å². The molecule has 0 radical (unpaired) electrons. The van der Waals surface area contributed by atoms with E-state index in [2.05, 4.69) is 23.6 Å². The lowest BCUT2D eigenvalue weighted by Crippen LogP contribution is -2.51. The maximum Gasteiger partial charge on any atom is 0.164 e. The molecule has 1 aliphatic rings. The van der Waals surface area contributed by atoms with E-state index in [0.29, 0.717) is 12.5 Å². The number of carbonyl (C=O) groups excluding carboxylic acids is 1. The minimum atomic E-state index is 0.260. The minimum Gasteiger partial charge on any atom is -0.300 e. The maximum absolute atomic E-state index is 12.2. The number of ketones is 1. The molecule has 3 heteroatoms. The first-order chi connectivity index (χ1) is 9.60. The molecule has 1 fully saturated rings. The van der Waals surface area contributed by atoms with Gasteiger partial charge in [-0.3, -0.25) is 9.69 Å². The third-order valence-electron chi connectivity index (χ3n) is 4.28. The average molecular weight is 274 g/mol. The molecule has 20 heavy (non-hydrogen) atoms. The summed E-state index contributed by atoms with van der Waals surface area (Å²) in [6.07, 6.45) is 0.627. The van der Waals surface area contributed by atoms with Crippen LogP contribution < -0.4 is 0 Å². The zero-order valence-electron chi connectivity index (χ0n) is 12.9.